The molecule has 7 aromatic heterocycles. The summed E-state index contributed by atoms with van der Waals surface area (Å²) in [4.78, 5) is 15.3. The van der Waals surface area contributed by atoms with E-state index in [1.54, 1.807) is 0 Å². The maximum atomic E-state index is 5.32. The van der Waals surface area contributed by atoms with Gasteiger partial charge in [0.25, 0.3) is 0 Å². The van der Waals surface area contributed by atoms with E-state index in [1.165, 1.54) is 125 Å². The molecule has 540 valence electrons. The van der Waals surface area contributed by atoms with E-state index < -0.39 is 0 Å². The lowest BCUT2D eigenvalue weighted by molar-refractivity contribution is 1.08. The molecule has 0 bridgehead atoms. The zero-order valence-electron chi connectivity index (χ0n) is 63.0. The van der Waals surface area contributed by atoms with E-state index in [1.807, 2.05) is 18.5 Å². The first-order chi connectivity index (χ1) is 57.5. The highest BCUT2D eigenvalue weighted by molar-refractivity contribution is 6.26. The van der Waals surface area contributed by atoms with Gasteiger partial charge in [0.1, 0.15) is 11.6 Å². The molecule has 7 heteroatoms. The zero-order valence-corrected chi connectivity index (χ0v) is 63.0. The van der Waals surface area contributed by atoms with Gasteiger partial charge in [0.2, 0.25) is 0 Å². The molecule has 0 radical (unpaired) electrons. The van der Waals surface area contributed by atoms with Crippen molar-refractivity contribution >= 4 is 130 Å². The van der Waals surface area contributed by atoms with E-state index in [0.29, 0.717) is 0 Å². The Kier molecular flexibility index (Phi) is 15.5. The lowest BCUT2D eigenvalue weighted by atomic mass is 9.94. The highest BCUT2D eigenvalue weighted by Crippen LogP contribution is 2.45. The summed E-state index contributed by atoms with van der Waals surface area (Å²) in [6, 6.07) is 147. The monoisotopic (exact) mass is 1480 g/mol. The average molecular weight is 1480 g/mol. The molecule has 0 unspecified atom stereocenters. The highest BCUT2D eigenvalue weighted by Gasteiger charge is 2.23. The first-order valence-electron chi connectivity index (χ1n) is 39.6. The summed E-state index contributed by atoms with van der Waals surface area (Å²) >= 11 is 0. The van der Waals surface area contributed by atoms with Crippen LogP contribution in [0.15, 0.2) is 419 Å². The summed E-state index contributed by atoms with van der Waals surface area (Å²) < 4.78 is 9.43. The summed E-state index contributed by atoms with van der Waals surface area (Å²) in [5.74, 6) is 1.76. The van der Waals surface area contributed by atoms with Crippen molar-refractivity contribution < 1.29 is 0 Å². The fourth-order valence-corrected chi connectivity index (χ4v) is 18.3. The Morgan fingerprint density at radius 2 is 0.491 bits per heavy atom. The fraction of sp³-hybridized carbons (Fsp3) is 0. The minimum atomic E-state index is 0.857. The van der Waals surface area contributed by atoms with Gasteiger partial charge in [0.15, 0.2) is 0 Å². The number of hydrogen-bond donors (Lipinski definition) is 0. The van der Waals surface area contributed by atoms with Crippen LogP contribution in [-0.4, -0.2) is 33.2 Å². The van der Waals surface area contributed by atoms with E-state index in [4.69, 9.17) is 9.97 Å². The Bertz CT molecular complexity index is 7920. The Labute approximate surface area is 668 Å². The van der Waals surface area contributed by atoms with Crippen LogP contribution in [0.3, 0.4) is 0 Å². The molecule has 24 aromatic rings. The molecular weight excluding hydrogens is 1410 g/mol. The number of rotatable bonds is 10. The van der Waals surface area contributed by atoms with Crippen LogP contribution in [0.2, 0.25) is 0 Å². The smallest absolute Gasteiger partial charge is 0.138 e. The third-order valence-corrected chi connectivity index (χ3v) is 23.7. The second kappa shape index (κ2) is 27.1. The molecule has 0 atom stereocenters. The number of pyridine rings is 3. The third-order valence-electron chi connectivity index (χ3n) is 23.7. The molecule has 116 heavy (non-hydrogen) atoms. The maximum absolute atomic E-state index is 5.32. The van der Waals surface area contributed by atoms with Crippen LogP contribution >= 0.6 is 0 Å². The molecule has 0 aliphatic carbocycles. The van der Waals surface area contributed by atoms with E-state index in [9.17, 15) is 0 Å². The third kappa shape index (κ3) is 11.0. The van der Waals surface area contributed by atoms with Gasteiger partial charge in [-0.1, -0.05) is 285 Å². The van der Waals surface area contributed by atoms with Crippen LogP contribution < -0.4 is 0 Å². The van der Waals surface area contributed by atoms with Gasteiger partial charge in [-0.05, 0) is 209 Å². The quantitative estimate of drug-likeness (QED) is 0.128. The molecule has 0 aliphatic heterocycles. The summed E-state index contributed by atoms with van der Waals surface area (Å²) in [5.41, 5.74) is 24.8. The predicted molar refractivity (Wildman–Crippen MR) is 486 cm³/mol. The first-order valence-corrected chi connectivity index (χ1v) is 39.6. The number of fused-ring (bicyclic) bond motifs is 19. The SMILES string of the molecule is c1ccc(-c2cc(-c3ccccc3)nc(-n3c4ccc(-c5ccc6c(c5)c5ccccc5n6-c5ccc6c7ccccc7c7ccccc7c6c5)cc4c4ccncc43)c2)cc1.c1ccc(-c2cc(-c3ccccc3)nc(-n3c4ccccc4c4cc(-c5ccc6c(c5)c5ccccc5n6-c5ccc6ccccc6c5)ccc43)c2)cc1. The van der Waals surface area contributed by atoms with Crippen molar-refractivity contribution in [2.75, 3.05) is 0 Å². The van der Waals surface area contributed by atoms with Crippen molar-refractivity contribution in [3.05, 3.63) is 419 Å². The van der Waals surface area contributed by atoms with Gasteiger partial charge < -0.3 is 9.13 Å². The van der Waals surface area contributed by atoms with Gasteiger partial charge in [0.05, 0.1) is 61.7 Å². The van der Waals surface area contributed by atoms with E-state index in [-0.39, 0.29) is 0 Å². The van der Waals surface area contributed by atoms with Gasteiger partial charge in [-0.3, -0.25) is 14.1 Å². The number of aromatic nitrogens is 7. The van der Waals surface area contributed by atoms with Crippen LogP contribution in [0.5, 0.6) is 0 Å². The summed E-state index contributed by atoms with van der Waals surface area (Å²) in [6.45, 7) is 0. The van der Waals surface area contributed by atoms with Crippen LogP contribution in [-0.2, 0) is 0 Å². The van der Waals surface area contributed by atoms with Crippen molar-refractivity contribution in [2.24, 2.45) is 0 Å². The maximum Gasteiger partial charge on any atom is 0.138 e. The molecule has 0 N–H and O–H groups in total. The minimum absolute atomic E-state index is 0.857. The molecule has 0 spiro atoms. The van der Waals surface area contributed by atoms with Gasteiger partial charge in [-0.2, -0.15) is 0 Å². The molecule has 17 aromatic carbocycles. The van der Waals surface area contributed by atoms with Crippen molar-refractivity contribution in [1.82, 2.24) is 33.2 Å². The Morgan fingerprint density at radius 1 is 0.164 bits per heavy atom. The van der Waals surface area contributed by atoms with Crippen LogP contribution in [0.4, 0.5) is 0 Å². The standard InChI is InChI=1S/C58H36N4.C51H33N3/c1-3-13-37(14-4-1)41-33-53(38-15-5-2-6-16-38)60-58(34-41)62-56-28-24-40(32-52(56)49-29-30-59-36-57(49)62)39-23-27-55-51(31-39)48-21-11-12-22-54(48)61(55)42-25-26-47-45-19-8-7-17-43(45)44-18-9-10-20-46(44)50(47)35-42;1-3-13-34(14-4-1)40-32-46(36-16-5-2-6-17-36)52-51(33-40)54-48-22-12-10-20-43(48)45-31-39(25-28-50(45)54)38-24-27-49-44(30-38)42-19-9-11-21-47(42)53(49)41-26-23-35-15-7-8-18-37(35)29-41/h1-36H;1-33H. The topological polar surface area (TPSA) is 58.4 Å². The number of para-hydroxylation sites is 3. The molecule has 0 fully saturated rings. The Hall–Kier alpha value is -15.6. The van der Waals surface area contributed by atoms with Gasteiger partial charge >= 0.3 is 0 Å². The molecule has 0 saturated heterocycles. The predicted octanol–water partition coefficient (Wildman–Crippen LogP) is 28.6. The fourth-order valence-electron chi connectivity index (χ4n) is 18.3. The number of hydrogen-bond acceptors (Lipinski definition) is 3. The van der Waals surface area contributed by atoms with Crippen molar-refractivity contribution in [1.29, 1.82) is 0 Å². The lowest BCUT2D eigenvalue weighted by Gasteiger charge is -2.14. The van der Waals surface area contributed by atoms with Crippen molar-refractivity contribution in [2.45, 2.75) is 0 Å². The van der Waals surface area contributed by atoms with Crippen LogP contribution in [0.25, 0.3) is 220 Å². The normalized spacial score (nSPS) is 11.8. The van der Waals surface area contributed by atoms with Gasteiger partial charge in [-0.15, -0.1) is 0 Å². The Balaban J connectivity index is 0.000000138. The minimum Gasteiger partial charge on any atom is -0.309 e. The van der Waals surface area contributed by atoms with E-state index in [2.05, 4.69) is 424 Å². The van der Waals surface area contributed by atoms with Crippen LogP contribution in [0, 0.1) is 0 Å². The summed E-state index contributed by atoms with van der Waals surface area (Å²) in [7, 11) is 0. The molecule has 0 aliphatic rings. The molecule has 24 rings (SSSR count). The number of benzene rings is 17. The van der Waals surface area contributed by atoms with Crippen molar-refractivity contribution in [3.8, 4) is 90.0 Å². The lowest BCUT2D eigenvalue weighted by Crippen LogP contribution is -2.00. The highest BCUT2D eigenvalue weighted by atomic mass is 15.1. The molecule has 7 nitrogen and oxygen atoms in total. The first kappa shape index (κ1) is 66.2. The van der Waals surface area contributed by atoms with Gasteiger partial charge in [0, 0.05) is 71.8 Å². The molecule has 0 saturated carbocycles. The second-order valence-electron chi connectivity index (χ2n) is 30.2. The zero-order chi connectivity index (χ0) is 76.3. The van der Waals surface area contributed by atoms with Crippen molar-refractivity contribution in [3.63, 3.8) is 0 Å². The van der Waals surface area contributed by atoms with Crippen LogP contribution in [0.1, 0.15) is 0 Å². The molecule has 0 amide bonds. The second-order valence-corrected chi connectivity index (χ2v) is 30.2. The Morgan fingerprint density at radius 3 is 0.948 bits per heavy atom. The summed E-state index contributed by atoms with van der Waals surface area (Å²) in [6.07, 6.45) is 3.86. The molecular formula is C109H69N7. The van der Waals surface area contributed by atoms with E-state index in [0.717, 1.165) is 94.9 Å². The summed E-state index contributed by atoms with van der Waals surface area (Å²) in [5, 5.41) is 19.8. The average Bonchev–Trinajstić information content (AvgIpc) is 1.51. The van der Waals surface area contributed by atoms with Gasteiger partial charge in [-0.25, -0.2) is 9.97 Å². The molecule has 7 heterocycles. The number of nitrogens with zero attached hydrogens (tertiary/aromatic N) is 7. The van der Waals surface area contributed by atoms with E-state index >= 15 is 0 Å². The largest absolute Gasteiger partial charge is 0.309 e.